The molecule has 37 heavy (non-hydrogen) atoms. The average Bonchev–Trinajstić information content (AvgIpc) is 3.19. The highest BCUT2D eigenvalue weighted by molar-refractivity contribution is 7.30. The third-order valence-electron chi connectivity index (χ3n) is 6.16. The van der Waals surface area contributed by atoms with Gasteiger partial charge in [-0.3, -0.25) is 13.7 Å². The zero-order chi connectivity index (χ0) is 26.6. The van der Waals surface area contributed by atoms with Crippen LogP contribution >= 0.6 is 8.25 Å². The van der Waals surface area contributed by atoms with Gasteiger partial charge in [0, 0.05) is 17.7 Å². The second-order valence-electron chi connectivity index (χ2n) is 9.41. The molecule has 4 aromatic rings. The molecule has 0 unspecified atom stereocenters. The minimum absolute atomic E-state index is 0.0288. The Morgan fingerprint density at radius 3 is 1.68 bits per heavy atom. The summed E-state index contributed by atoms with van der Waals surface area (Å²) in [7, 11) is -3.13. The second-order valence-corrected chi connectivity index (χ2v) is 9.98. The first-order valence-corrected chi connectivity index (χ1v) is 14.1. The summed E-state index contributed by atoms with van der Waals surface area (Å²) in [5, 5.41) is 0. The van der Waals surface area contributed by atoms with Crippen LogP contribution in [0.4, 0.5) is 0 Å². The van der Waals surface area contributed by atoms with E-state index >= 15 is 0 Å². The molecule has 7 heteroatoms. The molecule has 0 atom stereocenters. The van der Waals surface area contributed by atoms with Gasteiger partial charge in [0.2, 0.25) is 0 Å². The van der Waals surface area contributed by atoms with E-state index in [-0.39, 0.29) is 5.69 Å². The van der Waals surface area contributed by atoms with Crippen LogP contribution in [0.2, 0.25) is 0 Å². The maximum atomic E-state index is 13.9. The van der Waals surface area contributed by atoms with Gasteiger partial charge in [0.15, 0.2) is 0 Å². The van der Waals surface area contributed by atoms with E-state index < -0.39 is 8.25 Å². The molecule has 0 saturated heterocycles. The molecule has 0 spiro atoms. The summed E-state index contributed by atoms with van der Waals surface area (Å²) in [5.41, 5.74) is 5.00. The van der Waals surface area contributed by atoms with Gasteiger partial charge in [0.25, 0.3) is 0 Å². The fourth-order valence-electron chi connectivity index (χ4n) is 4.50. The molecule has 0 aliphatic rings. The summed E-state index contributed by atoms with van der Waals surface area (Å²) in [6.45, 7) is 5.29. The fourth-order valence-corrected chi connectivity index (χ4v) is 4.50. The number of imidazole rings is 1. The topological polar surface area (TPSA) is 84.5 Å². The molecule has 6 nitrogen and oxygen atoms in total. The van der Waals surface area contributed by atoms with E-state index in [0.29, 0.717) is 0 Å². The van der Waals surface area contributed by atoms with E-state index in [1.165, 1.54) is 19.3 Å². The van der Waals surface area contributed by atoms with Crippen LogP contribution < -0.4 is 5.69 Å². The largest absolute Gasteiger partial charge is 0.333 e. The Kier molecular flexibility index (Phi) is 11.2. The predicted molar refractivity (Wildman–Crippen MR) is 152 cm³/mol. The van der Waals surface area contributed by atoms with E-state index in [1.54, 1.807) is 0 Å². The lowest BCUT2D eigenvalue weighted by atomic mass is 10.0. The number of benzene rings is 3. The van der Waals surface area contributed by atoms with Crippen molar-refractivity contribution in [1.29, 1.82) is 0 Å². The minimum Gasteiger partial charge on any atom is -0.326 e. The highest BCUT2D eigenvalue weighted by atomic mass is 31.1. The van der Waals surface area contributed by atoms with Crippen LogP contribution in [0.25, 0.3) is 28.2 Å². The van der Waals surface area contributed by atoms with Gasteiger partial charge in [-0.15, -0.1) is 0 Å². The van der Waals surface area contributed by atoms with Crippen molar-refractivity contribution in [2.24, 2.45) is 5.92 Å². The zero-order valence-electron chi connectivity index (χ0n) is 21.6. The summed E-state index contributed by atoms with van der Waals surface area (Å²) in [6.07, 6.45) is 5.91. The van der Waals surface area contributed by atoms with Gasteiger partial charge in [-0.1, -0.05) is 118 Å². The van der Waals surface area contributed by atoms with E-state index in [2.05, 4.69) is 38.1 Å². The Morgan fingerprint density at radius 2 is 1.16 bits per heavy atom. The third-order valence-corrected chi connectivity index (χ3v) is 6.16. The lowest BCUT2D eigenvalue weighted by Gasteiger charge is -2.12. The Bertz CT molecular complexity index is 1300. The summed E-state index contributed by atoms with van der Waals surface area (Å²) < 4.78 is 12.6. The van der Waals surface area contributed by atoms with E-state index in [9.17, 15) is 4.79 Å². The van der Waals surface area contributed by atoms with Gasteiger partial charge in [0.05, 0.1) is 17.1 Å². The number of hydrogen-bond donors (Lipinski definition) is 2. The van der Waals surface area contributed by atoms with Crippen LogP contribution in [0, 0.1) is 5.92 Å². The first-order chi connectivity index (χ1) is 17.9. The van der Waals surface area contributed by atoms with Crippen molar-refractivity contribution in [3.63, 3.8) is 0 Å². The van der Waals surface area contributed by atoms with E-state index in [1.807, 2.05) is 75.9 Å². The zero-order valence-corrected chi connectivity index (χ0v) is 22.6. The normalized spacial score (nSPS) is 11.0. The standard InChI is InChI=1S/C30H34N2O.H3O3P/c1-24(2)16-8-3-4-15-23-31-28(25-17-9-5-10-18-25)29(26-19-11-6-12-20-26)32(30(31)33)27-21-13-7-14-22-27;1-4(2)3/h5-7,9-14,17-22,24H,3-4,8,15-16,23H2,1-2H3;4H,(H2,1,2,3). The molecule has 0 radical (unpaired) electrons. The van der Waals surface area contributed by atoms with Crippen LogP contribution in [0.5, 0.6) is 0 Å². The molecule has 0 aliphatic heterocycles. The van der Waals surface area contributed by atoms with Crippen molar-refractivity contribution in [3.8, 4) is 28.2 Å². The van der Waals surface area contributed by atoms with Gasteiger partial charge in [0.1, 0.15) is 0 Å². The molecular weight excluding hydrogens is 483 g/mol. The van der Waals surface area contributed by atoms with Crippen molar-refractivity contribution < 1.29 is 14.4 Å². The summed E-state index contributed by atoms with van der Waals surface area (Å²) >= 11 is 0. The number of aromatic nitrogens is 2. The number of nitrogens with zero attached hydrogens (tertiary/aromatic N) is 2. The summed E-state index contributed by atoms with van der Waals surface area (Å²) in [5.74, 6) is 0.755. The second kappa shape index (κ2) is 14.5. The predicted octanol–water partition coefficient (Wildman–Crippen LogP) is 6.94. The Hall–Kier alpha value is -3.18. The highest BCUT2D eigenvalue weighted by Crippen LogP contribution is 2.33. The first kappa shape index (κ1) is 28.4. The molecule has 1 heterocycles. The number of hydrogen-bond acceptors (Lipinski definition) is 2. The van der Waals surface area contributed by atoms with Crippen molar-refractivity contribution >= 4 is 8.25 Å². The number of para-hydroxylation sites is 1. The average molecular weight is 521 g/mol. The molecule has 196 valence electrons. The van der Waals surface area contributed by atoms with Gasteiger partial charge in [-0.25, -0.2) is 4.79 Å². The van der Waals surface area contributed by atoms with Gasteiger partial charge < -0.3 is 9.79 Å². The smallest absolute Gasteiger partial charge is 0.326 e. The van der Waals surface area contributed by atoms with Crippen molar-refractivity contribution in [3.05, 3.63) is 101 Å². The highest BCUT2D eigenvalue weighted by Gasteiger charge is 2.23. The van der Waals surface area contributed by atoms with E-state index in [4.69, 9.17) is 14.4 Å². The molecule has 0 fully saturated rings. The van der Waals surface area contributed by atoms with Gasteiger partial charge >= 0.3 is 13.9 Å². The molecule has 1 aromatic heterocycles. The first-order valence-electron chi connectivity index (χ1n) is 12.8. The molecular formula is C30H37N2O4P. The summed E-state index contributed by atoms with van der Waals surface area (Å²) in [6, 6.07) is 30.6. The number of rotatable bonds is 10. The van der Waals surface area contributed by atoms with Gasteiger partial charge in [-0.05, 0) is 24.5 Å². The molecule has 0 bridgehead atoms. The third kappa shape index (κ3) is 8.16. The lowest BCUT2D eigenvalue weighted by molar-refractivity contribution is 0.405. The Balaban J connectivity index is 0.000000886. The lowest BCUT2D eigenvalue weighted by Crippen LogP contribution is -2.24. The monoisotopic (exact) mass is 520 g/mol. The minimum atomic E-state index is -3.13. The molecule has 0 amide bonds. The Morgan fingerprint density at radius 1 is 0.703 bits per heavy atom. The maximum absolute atomic E-state index is 13.9. The van der Waals surface area contributed by atoms with Crippen LogP contribution in [-0.2, 0) is 11.1 Å². The number of unbranched alkanes of at least 4 members (excludes halogenated alkanes) is 3. The van der Waals surface area contributed by atoms with E-state index in [0.717, 1.165) is 53.5 Å². The van der Waals surface area contributed by atoms with Crippen molar-refractivity contribution in [2.45, 2.75) is 52.5 Å². The Labute approximate surface area is 219 Å². The van der Waals surface area contributed by atoms with Crippen molar-refractivity contribution in [2.75, 3.05) is 0 Å². The maximum Gasteiger partial charge on any atom is 0.333 e. The molecule has 2 N–H and O–H groups in total. The van der Waals surface area contributed by atoms with Crippen LogP contribution in [0.1, 0.15) is 46.0 Å². The van der Waals surface area contributed by atoms with Crippen LogP contribution in [-0.4, -0.2) is 18.9 Å². The van der Waals surface area contributed by atoms with Crippen molar-refractivity contribution in [1.82, 2.24) is 9.13 Å². The van der Waals surface area contributed by atoms with Crippen LogP contribution in [0.3, 0.4) is 0 Å². The molecule has 0 aliphatic carbocycles. The molecule has 3 aromatic carbocycles. The quantitative estimate of drug-likeness (QED) is 0.175. The SMILES string of the molecule is CC(C)CCCCCCn1c(-c2ccccc2)c(-c2ccccc2)n(-c2ccccc2)c1=O.O=[PH](O)O. The molecule has 0 saturated carbocycles. The van der Waals surface area contributed by atoms with Gasteiger partial charge in [-0.2, -0.15) is 0 Å². The fraction of sp³-hybridized carbons (Fsp3) is 0.300. The summed E-state index contributed by atoms with van der Waals surface area (Å²) in [4.78, 5) is 28.2. The molecule has 4 rings (SSSR count). The van der Waals surface area contributed by atoms with Crippen LogP contribution in [0.15, 0.2) is 95.8 Å².